The van der Waals surface area contributed by atoms with Gasteiger partial charge >= 0.3 is 0 Å². The molecule has 0 atom stereocenters. The van der Waals surface area contributed by atoms with Gasteiger partial charge in [-0.3, -0.25) is 0 Å². The highest BCUT2D eigenvalue weighted by Crippen LogP contribution is 2.36. The van der Waals surface area contributed by atoms with Gasteiger partial charge in [-0.1, -0.05) is 81.4 Å². The van der Waals surface area contributed by atoms with Gasteiger partial charge in [-0.05, 0) is 33.1 Å². The van der Waals surface area contributed by atoms with Crippen molar-refractivity contribution in [2.24, 2.45) is 0 Å². The average molecular weight is 412 g/mol. The molecule has 0 saturated heterocycles. The molecule has 0 fully saturated rings. The summed E-state index contributed by atoms with van der Waals surface area (Å²) >= 11 is 5.86. The van der Waals surface area contributed by atoms with Crippen molar-refractivity contribution in [1.82, 2.24) is 9.97 Å². The van der Waals surface area contributed by atoms with E-state index in [0.29, 0.717) is 19.0 Å². The summed E-state index contributed by atoms with van der Waals surface area (Å²) in [5, 5.41) is 6.03. The molecule has 0 aliphatic heterocycles. The predicted octanol–water partition coefficient (Wildman–Crippen LogP) is 4.12. The molecule has 0 amide bonds. The number of rotatable bonds is 7. The largest absolute Gasteiger partial charge is 0.406 e. The van der Waals surface area contributed by atoms with E-state index < -0.39 is 8.32 Å². The van der Waals surface area contributed by atoms with Crippen LogP contribution < -0.4 is 15.7 Å². The Morgan fingerprint density at radius 3 is 2.00 bits per heavy atom. The van der Waals surface area contributed by atoms with Crippen LogP contribution in [-0.2, 0) is 4.43 Å². The van der Waals surface area contributed by atoms with Crippen molar-refractivity contribution in [2.75, 3.05) is 18.5 Å². The Labute approximate surface area is 173 Å². The van der Waals surface area contributed by atoms with Crippen LogP contribution in [0.2, 0.25) is 10.3 Å². The normalized spacial score (nSPS) is 12.0. The summed E-state index contributed by atoms with van der Waals surface area (Å²) in [5.74, 6) is 0.700. The molecule has 28 heavy (non-hydrogen) atoms. The zero-order valence-electron chi connectivity index (χ0n) is 16.5. The molecule has 0 aliphatic rings. The highest BCUT2D eigenvalue weighted by molar-refractivity contribution is 6.99. The molecule has 0 bridgehead atoms. The molecule has 3 rings (SSSR count). The number of hydrogen-bond acceptors (Lipinski definition) is 4. The van der Waals surface area contributed by atoms with E-state index in [2.05, 4.69) is 96.7 Å². The second-order valence-electron chi connectivity index (χ2n) is 7.65. The van der Waals surface area contributed by atoms with Crippen molar-refractivity contribution in [3.05, 3.63) is 78.2 Å². The molecule has 0 saturated carbocycles. The third-order valence-corrected chi connectivity index (χ3v) is 9.99. The molecule has 2 aromatic carbocycles. The number of halogens is 1. The maximum absolute atomic E-state index is 6.82. The molecule has 3 aromatic rings. The van der Waals surface area contributed by atoms with Crippen LogP contribution in [0.5, 0.6) is 0 Å². The summed E-state index contributed by atoms with van der Waals surface area (Å²) in [5.41, 5.74) is 0. The van der Waals surface area contributed by atoms with Crippen molar-refractivity contribution in [1.29, 1.82) is 0 Å². The van der Waals surface area contributed by atoms with Crippen LogP contribution >= 0.6 is 11.6 Å². The molecule has 1 N–H and O–H groups in total. The lowest BCUT2D eigenvalue weighted by Crippen LogP contribution is -2.66. The van der Waals surface area contributed by atoms with Gasteiger partial charge < -0.3 is 9.74 Å². The van der Waals surface area contributed by atoms with E-state index in [1.54, 1.807) is 12.3 Å². The van der Waals surface area contributed by atoms with Gasteiger partial charge in [0, 0.05) is 12.7 Å². The molecule has 0 unspecified atom stereocenters. The second kappa shape index (κ2) is 8.86. The van der Waals surface area contributed by atoms with Crippen LogP contribution in [0.4, 0.5) is 5.82 Å². The first-order chi connectivity index (χ1) is 13.4. The van der Waals surface area contributed by atoms with Crippen molar-refractivity contribution in [3.63, 3.8) is 0 Å². The lowest BCUT2D eigenvalue weighted by Gasteiger charge is -2.43. The van der Waals surface area contributed by atoms with Gasteiger partial charge in [-0.15, -0.1) is 0 Å². The Hall–Kier alpha value is -2.21. The molecular formula is C22H26ClN3OSi. The summed E-state index contributed by atoms with van der Waals surface area (Å²) in [4.78, 5) is 8.08. The van der Waals surface area contributed by atoms with Crippen LogP contribution in [0.1, 0.15) is 20.8 Å². The number of hydrogen-bond donors (Lipinski definition) is 1. The van der Waals surface area contributed by atoms with Gasteiger partial charge in [-0.25, -0.2) is 9.97 Å². The Kier molecular flexibility index (Phi) is 6.49. The zero-order valence-corrected chi connectivity index (χ0v) is 18.3. The zero-order chi connectivity index (χ0) is 20.0. The van der Waals surface area contributed by atoms with Crippen LogP contribution in [0.3, 0.4) is 0 Å². The molecule has 146 valence electrons. The van der Waals surface area contributed by atoms with E-state index in [1.165, 1.54) is 10.4 Å². The lowest BCUT2D eigenvalue weighted by atomic mass is 10.2. The van der Waals surface area contributed by atoms with Gasteiger partial charge in [0.1, 0.15) is 5.82 Å². The molecular weight excluding hydrogens is 386 g/mol. The van der Waals surface area contributed by atoms with E-state index >= 15 is 0 Å². The molecule has 0 radical (unpaired) electrons. The highest BCUT2D eigenvalue weighted by Gasteiger charge is 2.49. The Morgan fingerprint density at radius 1 is 0.929 bits per heavy atom. The second-order valence-corrected chi connectivity index (χ2v) is 12.3. The predicted molar refractivity (Wildman–Crippen MR) is 119 cm³/mol. The molecule has 4 nitrogen and oxygen atoms in total. The molecule has 1 heterocycles. The van der Waals surface area contributed by atoms with Crippen molar-refractivity contribution < 1.29 is 4.43 Å². The summed E-state index contributed by atoms with van der Waals surface area (Å²) in [6.07, 6.45) is 1.64. The highest BCUT2D eigenvalue weighted by atomic mass is 35.5. The number of anilines is 1. The smallest absolute Gasteiger partial charge is 0.261 e. The minimum atomic E-state index is -2.50. The van der Waals surface area contributed by atoms with Gasteiger partial charge in [0.05, 0.1) is 6.61 Å². The first kappa shape index (κ1) is 20.5. The van der Waals surface area contributed by atoms with Crippen molar-refractivity contribution in [3.8, 4) is 0 Å². The standard InChI is InChI=1S/C22H26ClN3OSi/c1-22(2,3)28(18-10-6-4-7-11-18,19-12-8-5-9-13-19)27-17-16-24-20-14-15-25-21(23)26-20/h4-15H,16-17H2,1-3H3,(H,24,25,26). The van der Waals surface area contributed by atoms with Gasteiger partial charge in [0.15, 0.2) is 0 Å². The number of benzene rings is 2. The third kappa shape index (κ3) is 4.43. The van der Waals surface area contributed by atoms with E-state index in [0.717, 1.165) is 0 Å². The minimum absolute atomic E-state index is 0.0338. The summed E-state index contributed by atoms with van der Waals surface area (Å²) in [6, 6.07) is 23.1. The Balaban J connectivity index is 1.88. The number of aromatic nitrogens is 2. The maximum Gasteiger partial charge on any atom is 0.261 e. The first-order valence-electron chi connectivity index (χ1n) is 9.41. The van der Waals surface area contributed by atoms with E-state index in [1.807, 2.05) is 0 Å². The van der Waals surface area contributed by atoms with E-state index in [4.69, 9.17) is 16.0 Å². The fourth-order valence-electron chi connectivity index (χ4n) is 3.58. The quantitative estimate of drug-likeness (QED) is 0.361. The molecule has 6 heteroatoms. The summed E-state index contributed by atoms with van der Waals surface area (Å²) in [6.45, 7) is 8.03. The van der Waals surface area contributed by atoms with Crippen LogP contribution in [0.15, 0.2) is 72.9 Å². The fourth-order valence-corrected chi connectivity index (χ4v) is 8.29. The van der Waals surface area contributed by atoms with Crippen LogP contribution in [0, 0.1) is 0 Å². The topological polar surface area (TPSA) is 47.0 Å². The lowest BCUT2D eigenvalue weighted by molar-refractivity contribution is 0.312. The average Bonchev–Trinajstić information content (AvgIpc) is 2.69. The summed E-state index contributed by atoms with van der Waals surface area (Å²) in [7, 11) is -2.50. The third-order valence-electron chi connectivity index (χ3n) is 4.77. The van der Waals surface area contributed by atoms with Gasteiger partial charge in [0.25, 0.3) is 8.32 Å². The maximum atomic E-state index is 6.82. The minimum Gasteiger partial charge on any atom is -0.406 e. The Morgan fingerprint density at radius 2 is 1.50 bits per heavy atom. The van der Waals surface area contributed by atoms with Gasteiger partial charge in [-0.2, -0.15) is 0 Å². The van der Waals surface area contributed by atoms with Crippen LogP contribution in [0.25, 0.3) is 0 Å². The SMILES string of the molecule is CC(C)(C)[Si](OCCNc1ccnc(Cl)n1)(c1ccccc1)c1ccccc1. The van der Waals surface area contributed by atoms with E-state index in [-0.39, 0.29) is 10.3 Å². The van der Waals surface area contributed by atoms with Crippen molar-refractivity contribution in [2.45, 2.75) is 25.8 Å². The molecule has 0 aliphatic carbocycles. The molecule has 0 spiro atoms. The monoisotopic (exact) mass is 411 g/mol. The first-order valence-corrected chi connectivity index (χ1v) is 11.7. The van der Waals surface area contributed by atoms with Gasteiger partial charge in [0.2, 0.25) is 5.28 Å². The Bertz CT molecular complexity index is 846. The number of nitrogens with one attached hydrogen (secondary N) is 1. The van der Waals surface area contributed by atoms with E-state index in [9.17, 15) is 0 Å². The summed E-state index contributed by atoms with van der Waals surface area (Å²) < 4.78 is 6.82. The number of nitrogens with zero attached hydrogens (tertiary/aromatic N) is 2. The van der Waals surface area contributed by atoms with Crippen molar-refractivity contribution >= 4 is 36.1 Å². The fraction of sp³-hybridized carbons (Fsp3) is 0.273. The molecule has 1 aromatic heterocycles. The van der Waals surface area contributed by atoms with Crippen LogP contribution in [-0.4, -0.2) is 31.4 Å².